The lowest BCUT2D eigenvalue weighted by molar-refractivity contribution is 0.472. The van der Waals surface area contributed by atoms with Gasteiger partial charge in [-0.15, -0.1) is 11.3 Å². The highest BCUT2D eigenvalue weighted by molar-refractivity contribution is 7.94. The monoisotopic (exact) mass is 283 g/mol. The van der Waals surface area contributed by atoms with Crippen LogP contribution in [0.15, 0.2) is 32.9 Å². The number of sulfonamides is 1. The molecule has 1 aromatic heterocycles. The number of primary sulfonamides is 1. The van der Waals surface area contributed by atoms with Gasteiger partial charge < -0.3 is 5.11 Å². The Balaban J connectivity index is 3.31. The van der Waals surface area contributed by atoms with Gasteiger partial charge in [0.25, 0.3) is 0 Å². The maximum atomic E-state index is 11.6. The van der Waals surface area contributed by atoms with Gasteiger partial charge >= 0.3 is 0 Å². The lowest BCUT2D eigenvalue weighted by atomic mass is 10.7. The van der Waals surface area contributed by atoms with E-state index in [0.29, 0.717) is 6.26 Å². The van der Waals surface area contributed by atoms with Crippen molar-refractivity contribution < 1.29 is 21.9 Å². The quantitative estimate of drug-likeness (QED) is 0.768. The number of aliphatic hydroxyl groups excluding tert-OH is 1. The molecule has 1 aromatic rings. The molecule has 1 heterocycles. The second kappa shape index (κ2) is 4.53. The van der Waals surface area contributed by atoms with Crippen molar-refractivity contribution in [1.82, 2.24) is 0 Å². The van der Waals surface area contributed by atoms with Gasteiger partial charge in [0.15, 0.2) is 14.0 Å². The molecule has 90 valence electrons. The third-order valence-corrected chi connectivity index (χ3v) is 5.94. The number of rotatable bonds is 4. The Morgan fingerprint density at radius 1 is 1.38 bits per heavy atom. The molecular formula is C7H9NO5S3. The maximum absolute atomic E-state index is 11.6. The Labute approximate surface area is 97.0 Å². The van der Waals surface area contributed by atoms with Gasteiger partial charge in [0.05, 0.1) is 16.9 Å². The minimum Gasteiger partial charge on any atom is -0.516 e. The minimum absolute atomic E-state index is 0.335. The average Bonchev–Trinajstić information content (AvgIpc) is 2.63. The number of hydrogen-bond acceptors (Lipinski definition) is 6. The van der Waals surface area contributed by atoms with Gasteiger partial charge in [0.1, 0.15) is 0 Å². The summed E-state index contributed by atoms with van der Waals surface area (Å²) in [5, 5.41) is 14.6. The van der Waals surface area contributed by atoms with Crippen LogP contribution in [0.5, 0.6) is 0 Å². The molecule has 0 amide bonds. The largest absolute Gasteiger partial charge is 0.516 e. The van der Waals surface area contributed by atoms with Crippen molar-refractivity contribution in [3.05, 3.63) is 23.8 Å². The van der Waals surface area contributed by atoms with Gasteiger partial charge in [0.2, 0.25) is 10.0 Å². The molecular weight excluding hydrogens is 274 g/mol. The second-order valence-corrected chi connectivity index (χ2v) is 7.46. The fourth-order valence-corrected chi connectivity index (χ4v) is 4.93. The van der Waals surface area contributed by atoms with Crippen LogP contribution in [0.2, 0.25) is 0 Å². The van der Waals surface area contributed by atoms with E-state index in [2.05, 4.69) is 0 Å². The van der Waals surface area contributed by atoms with E-state index in [1.807, 2.05) is 0 Å². The lowest BCUT2D eigenvalue weighted by Crippen LogP contribution is -2.15. The summed E-state index contributed by atoms with van der Waals surface area (Å²) in [6.07, 6.45) is 1.58. The molecule has 1 rings (SSSR count). The summed E-state index contributed by atoms with van der Waals surface area (Å²) in [7, 11) is -7.83. The number of aliphatic hydroxyl groups is 1. The number of thiophene rings is 1. The summed E-state index contributed by atoms with van der Waals surface area (Å²) in [4.78, 5) is -0.335. The minimum atomic E-state index is -4.05. The van der Waals surface area contributed by atoms with Gasteiger partial charge in [-0.25, -0.2) is 22.0 Å². The molecule has 6 nitrogen and oxygen atoms in total. The third-order valence-electron chi connectivity index (χ3n) is 1.61. The second-order valence-electron chi connectivity index (χ2n) is 2.78. The predicted molar refractivity (Wildman–Crippen MR) is 59.5 cm³/mol. The molecule has 0 fully saturated rings. The van der Waals surface area contributed by atoms with E-state index in [0.717, 1.165) is 17.4 Å². The SMILES string of the molecule is NS(=O)(=O)c1sccc1S(=O)(=O)CC=CO. The van der Waals surface area contributed by atoms with Crippen molar-refractivity contribution >= 4 is 31.2 Å². The van der Waals surface area contributed by atoms with Crippen molar-refractivity contribution in [3.8, 4) is 0 Å². The van der Waals surface area contributed by atoms with Gasteiger partial charge in [0, 0.05) is 0 Å². The molecule has 0 aliphatic rings. The van der Waals surface area contributed by atoms with Crippen molar-refractivity contribution in [3.63, 3.8) is 0 Å². The third kappa shape index (κ3) is 2.82. The molecule has 0 aliphatic carbocycles. The fourth-order valence-electron chi connectivity index (χ4n) is 0.981. The molecule has 9 heteroatoms. The maximum Gasteiger partial charge on any atom is 0.248 e. The zero-order chi connectivity index (χ0) is 12.4. The highest BCUT2D eigenvalue weighted by atomic mass is 32.2. The van der Waals surface area contributed by atoms with Crippen LogP contribution >= 0.6 is 11.3 Å². The van der Waals surface area contributed by atoms with E-state index in [1.165, 1.54) is 11.4 Å². The zero-order valence-electron chi connectivity index (χ0n) is 7.90. The first kappa shape index (κ1) is 13.2. The molecule has 0 unspecified atom stereocenters. The number of hydrogen-bond donors (Lipinski definition) is 2. The summed E-state index contributed by atoms with van der Waals surface area (Å²) in [5.41, 5.74) is 0. The Morgan fingerprint density at radius 2 is 2.00 bits per heavy atom. The molecule has 0 aliphatic heterocycles. The molecule has 0 saturated heterocycles. The van der Waals surface area contributed by atoms with E-state index < -0.39 is 25.6 Å². The van der Waals surface area contributed by atoms with Crippen LogP contribution < -0.4 is 5.14 Å². The number of sulfone groups is 1. The van der Waals surface area contributed by atoms with E-state index >= 15 is 0 Å². The van der Waals surface area contributed by atoms with Crippen LogP contribution in [0.1, 0.15) is 0 Å². The molecule has 0 bridgehead atoms. The standard InChI is InChI=1S/C7H9NO5S3/c8-16(12,13)7-6(2-4-14-7)15(10,11)5-1-3-9/h1-4,9H,5H2,(H2,8,12,13). The Kier molecular flexibility index (Phi) is 3.73. The van der Waals surface area contributed by atoms with Gasteiger partial charge in [-0.1, -0.05) is 0 Å². The summed E-state index contributed by atoms with van der Waals surface area (Å²) in [6.45, 7) is 0. The highest BCUT2D eigenvalue weighted by Crippen LogP contribution is 2.26. The van der Waals surface area contributed by atoms with Crippen LogP contribution in [0.4, 0.5) is 0 Å². The van der Waals surface area contributed by atoms with E-state index in [4.69, 9.17) is 10.2 Å². The molecule has 0 aromatic carbocycles. The van der Waals surface area contributed by atoms with Gasteiger partial charge in [-0.05, 0) is 17.5 Å². The molecule has 0 radical (unpaired) electrons. The fraction of sp³-hybridized carbons (Fsp3) is 0.143. The van der Waals surface area contributed by atoms with Gasteiger partial charge in [-0.2, -0.15) is 0 Å². The van der Waals surface area contributed by atoms with Crippen molar-refractivity contribution in [2.45, 2.75) is 9.10 Å². The lowest BCUT2D eigenvalue weighted by Gasteiger charge is -2.01. The van der Waals surface area contributed by atoms with Crippen LogP contribution in [0, 0.1) is 0 Å². The first-order chi connectivity index (χ1) is 7.29. The van der Waals surface area contributed by atoms with Crippen LogP contribution in [0.3, 0.4) is 0 Å². The average molecular weight is 283 g/mol. The summed E-state index contributed by atoms with van der Waals surface area (Å²) in [6, 6.07) is 1.17. The van der Waals surface area contributed by atoms with Crippen molar-refractivity contribution in [2.24, 2.45) is 5.14 Å². The predicted octanol–water partition coefficient (Wildman–Crippen LogP) is 0.241. The van der Waals surface area contributed by atoms with Crippen LogP contribution in [0.25, 0.3) is 0 Å². The van der Waals surface area contributed by atoms with Crippen molar-refractivity contribution in [1.29, 1.82) is 0 Å². The first-order valence-corrected chi connectivity index (χ1v) is 7.99. The summed E-state index contributed by atoms with van der Waals surface area (Å²) >= 11 is 0.738. The summed E-state index contributed by atoms with van der Waals surface area (Å²) in [5.74, 6) is -0.483. The van der Waals surface area contributed by atoms with E-state index in [9.17, 15) is 16.8 Å². The normalized spacial score (nSPS) is 13.3. The van der Waals surface area contributed by atoms with Crippen LogP contribution in [-0.4, -0.2) is 27.7 Å². The highest BCUT2D eigenvalue weighted by Gasteiger charge is 2.24. The molecule has 0 saturated carbocycles. The van der Waals surface area contributed by atoms with Gasteiger partial charge in [-0.3, -0.25) is 0 Å². The molecule has 3 N–H and O–H groups in total. The molecule has 0 spiro atoms. The molecule has 16 heavy (non-hydrogen) atoms. The Bertz CT molecular complexity index is 596. The van der Waals surface area contributed by atoms with E-state index in [1.54, 1.807) is 0 Å². The molecule has 0 atom stereocenters. The summed E-state index contributed by atoms with van der Waals surface area (Å²) < 4.78 is 45.1. The number of nitrogens with two attached hydrogens (primary N) is 1. The first-order valence-electron chi connectivity index (χ1n) is 3.91. The smallest absolute Gasteiger partial charge is 0.248 e. The zero-order valence-corrected chi connectivity index (χ0v) is 10.3. The Morgan fingerprint density at radius 3 is 2.50 bits per heavy atom. The Hall–Kier alpha value is -0.900. The van der Waals surface area contributed by atoms with Crippen LogP contribution in [-0.2, 0) is 19.9 Å². The van der Waals surface area contributed by atoms with E-state index in [-0.39, 0.29) is 9.10 Å². The topological polar surface area (TPSA) is 115 Å². The van der Waals surface area contributed by atoms with Crippen molar-refractivity contribution in [2.75, 3.05) is 5.75 Å².